The van der Waals surface area contributed by atoms with Crippen LogP contribution >= 0.6 is 11.3 Å². The third-order valence-electron chi connectivity index (χ3n) is 3.76. The van der Waals surface area contributed by atoms with E-state index in [0.717, 1.165) is 41.8 Å². The number of hydrogen-bond donors (Lipinski definition) is 1. The van der Waals surface area contributed by atoms with Gasteiger partial charge in [-0.05, 0) is 19.9 Å². The molecule has 4 nitrogen and oxygen atoms in total. The van der Waals surface area contributed by atoms with Crippen LogP contribution in [0, 0.1) is 0 Å². The van der Waals surface area contributed by atoms with Crippen LogP contribution < -0.4 is 4.90 Å². The molecule has 2 heterocycles. The van der Waals surface area contributed by atoms with Gasteiger partial charge in [0.15, 0.2) is 5.13 Å². The van der Waals surface area contributed by atoms with Crippen LogP contribution in [0.3, 0.4) is 0 Å². The molecule has 2 rings (SSSR count). The van der Waals surface area contributed by atoms with Crippen molar-refractivity contribution in [1.82, 2.24) is 9.88 Å². The summed E-state index contributed by atoms with van der Waals surface area (Å²) in [5.41, 5.74) is 1.06. The van der Waals surface area contributed by atoms with E-state index < -0.39 is 0 Å². The van der Waals surface area contributed by atoms with E-state index in [-0.39, 0.29) is 6.61 Å². The van der Waals surface area contributed by atoms with E-state index >= 15 is 0 Å². The summed E-state index contributed by atoms with van der Waals surface area (Å²) in [5.74, 6) is 0. The second kappa shape index (κ2) is 5.99. The lowest BCUT2D eigenvalue weighted by Gasteiger charge is -2.39. The van der Waals surface area contributed by atoms with E-state index in [1.165, 1.54) is 6.42 Å². The number of likely N-dealkylation sites (N-methyl/N-ethyl adjacent to an activating group) is 1. The minimum atomic E-state index is 0.117. The fourth-order valence-corrected chi connectivity index (χ4v) is 3.51. The van der Waals surface area contributed by atoms with Gasteiger partial charge in [0.1, 0.15) is 0 Å². The van der Waals surface area contributed by atoms with Crippen LogP contribution in [-0.4, -0.2) is 47.7 Å². The highest BCUT2D eigenvalue weighted by atomic mass is 32.1. The largest absolute Gasteiger partial charge is 0.391 e. The highest BCUT2D eigenvalue weighted by Crippen LogP contribution is 2.28. The maximum Gasteiger partial charge on any atom is 0.185 e. The van der Waals surface area contributed by atoms with Gasteiger partial charge in [0.05, 0.1) is 17.2 Å². The van der Waals surface area contributed by atoms with Gasteiger partial charge in [-0.15, -0.1) is 0 Å². The Morgan fingerprint density at radius 2 is 2.17 bits per heavy atom. The van der Waals surface area contributed by atoms with Crippen molar-refractivity contribution in [3.05, 3.63) is 10.6 Å². The van der Waals surface area contributed by atoms with Crippen molar-refractivity contribution >= 4 is 16.5 Å². The van der Waals surface area contributed by atoms with Crippen LogP contribution in [0.4, 0.5) is 5.13 Å². The third kappa shape index (κ3) is 2.68. The van der Waals surface area contributed by atoms with Crippen molar-refractivity contribution in [3.63, 3.8) is 0 Å². The summed E-state index contributed by atoms with van der Waals surface area (Å²) < 4.78 is 0. The normalized spacial score (nSPS) is 21.6. The average Bonchev–Trinajstić information content (AvgIpc) is 2.82. The van der Waals surface area contributed by atoms with Gasteiger partial charge in [0, 0.05) is 25.7 Å². The Morgan fingerprint density at radius 1 is 1.39 bits per heavy atom. The molecule has 1 saturated heterocycles. The van der Waals surface area contributed by atoms with E-state index in [2.05, 4.69) is 35.7 Å². The highest BCUT2D eigenvalue weighted by molar-refractivity contribution is 7.15. The zero-order valence-corrected chi connectivity index (χ0v) is 12.3. The molecule has 1 unspecified atom stereocenters. The first-order valence-corrected chi connectivity index (χ1v) is 7.55. The van der Waals surface area contributed by atoms with E-state index in [1.54, 1.807) is 11.3 Å². The van der Waals surface area contributed by atoms with Crippen molar-refractivity contribution in [1.29, 1.82) is 0 Å². The van der Waals surface area contributed by atoms with Crippen LogP contribution in [0.5, 0.6) is 0 Å². The summed E-state index contributed by atoms with van der Waals surface area (Å²) in [7, 11) is 2.20. The number of nitrogens with zero attached hydrogens (tertiary/aromatic N) is 3. The number of aliphatic hydroxyl groups is 1. The number of aromatic nitrogens is 1. The molecule has 0 aromatic carbocycles. The SMILES string of the molecule is CCc1nc(N2CCN(C)C(CC)C2)sc1CO. The summed E-state index contributed by atoms with van der Waals surface area (Å²) in [6.45, 7) is 7.63. The molecular formula is C13H23N3OS. The molecule has 1 aliphatic rings. The number of thiazole rings is 1. The Hall–Kier alpha value is -0.650. The van der Waals surface area contributed by atoms with Gasteiger partial charge >= 0.3 is 0 Å². The minimum Gasteiger partial charge on any atom is -0.391 e. The summed E-state index contributed by atoms with van der Waals surface area (Å²) in [6, 6.07) is 0.616. The number of hydrogen-bond acceptors (Lipinski definition) is 5. The molecule has 0 radical (unpaired) electrons. The quantitative estimate of drug-likeness (QED) is 0.903. The molecule has 1 aliphatic heterocycles. The predicted octanol–water partition coefficient (Wildman–Crippen LogP) is 1.73. The Labute approximate surface area is 113 Å². The van der Waals surface area contributed by atoms with Gasteiger partial charge < -0.3 is 10.0 Å². The Kier molecular flexibility index (Phi) is 4.59. The molecule has 1 aromatic heterocycles. The monoisotopic (exact) mass is 269 g/mol. The zero-order valence-electron chi connectivity index (χ0n) is 11.5. The lowest BCUT2D eigenvalue weighted by Crippen LogP contribution is -2.51. The van der Waals surface area contributed by atoms with Crippen LogP contribution in [0.1, 0.15) is 30.8 Å². The summed E-state index contributed by atoms with van der Waals surface area (Å²) >= 11 is 1.65. The van der Waals surface area contributed by atoms with E-state index in [4.69, 9.17) is 0 Å². The smallest absolute Gasteiger partial charge is 0.185 e. The number of rotatable bonds is 4. The average molecular weight is 269 g/mol. The molecule has 0 amide bonds. The maximum atomic E-state index is 9.35. The molecular weight excluding hydrogens is 246 g/mol. The van der Waals surface area contributed by atoms with Gasteiger partial charge in [0.25, 0.3) is 0 Å². The minimum absolute atomic E-state index is 0.117. The van der Waals surface area contributed by atoms with E-state index in [0.29, 0.717) is 6.04 Å². The predicted molar refractivity (Wildman–Crippen MR) is 76.3 cm³/mol. The van der Waals surface area contributed by atoms with E-state index in [1.807, 2.05) is 0 Å². The fraction of sp³-hybridized carbons (Fsp3) is 0.769. The zero-order chi connectivity index (χ0) is 13.1. The van der Waals surface area contributed by atoms with Crippen LogP contribution in [0.2, 0.25) is 0 Å². The van der Waals surface area contributed by atoms with E-state index in [9.17, 15) is 5.11 Å². The number of anilines is 1. The second-order valence-corrected chi connectivity index (χ2v) is 5.93. The number of aliphatic hydroxyl groups excluding tert-OH is 1. The molecule has 0 bridgehead atoms. The van der Waals surface area contributed by atoms with Gasteiger partial charge in [-0.1, -0.05) is 25.2 Å². The topological polar surface area (TPSA) is 39.6 Å². The summed E-state index contributed by atoms with van der Waals surface area (Å²) in [6.07, 6.45) is 2.07. The summed E-state index contributed by atoms with van der Waals surface area (Å²) in [5, 5.41) is 10.4. The molecule has 5 heteroatoms. The van der Waals surface area contributed by atoms with Crippen LogP contribution in [-0.2, 0) is 13.0 Å². The van der Waals surface area contributed by atoms with Crippen molar-refractivity contribution in [2.75, 3.05) is 31.6 Å². The molecule has 102 valence electrons. The molecule has 1 atom stereocenters. The number of aryl methyl sites for hydroxylation is 1. The fourth-order valence-electron chi connectivity index (χ4n) is 2.47. The lowest BCUT2D eigenvalue weighted by atomic mass is 10.1. The van der Waals surface area contributed by atoms with Crippen LogP contribution in [0.25, 0.3) is 0 Å². The van der Waals surface area contributed by atoms with Crippen LogP contribution in [0.15, 0.2) is 0 Å². The Bertz CT molecular complexity index is 372. The second-order valence-electron chi connectivity index (χ2n) is 4.87. The first-order valence-electron chi connectivity index (χ1n) is 6.74. The van der Waals surface area contributed by atoms with Gasteiger partial charge in [-0.3, -0.25) is 4.90 Å². The summed E-state index contributed by atoms with van der Waals surface area (Å²) in [4.78, 5) is 10.5. The van der Waals surface area contributed by atoms with Crippen molar-refractivity contribution in [2.45, 2.75) is 39.3 Å². The van der Waals surface area contributed by atoms with Gasteiger partial charge in [0.2, 0.25) is 0 Å². The molecule has 0 spiro atoms. The first-order chi connectivity index (χ1) is 8.69. The van der Waals surface area contributed by atoms with Crippen molar-refractivity contribution < 1.29 is 5.11 Å². The molecule has 0 saturated carbocycles. The van der Waals surface area contributed by atoms with Crippen molar-refractivity contribution in [3.8, 4) is 0 Å². The lowest BCUT2D eigenvalue weighted by molar-refractivity contribution is 0.213. The Balaban J connectivity index is 2.14. The van der Waals surface area contributed by atoms with Gasteiger partial charge in [-0.25, -0.2) is 4.98 Å². The Morgan fingerprint density at radius 3 is 2.72 bits per heavy atom. The molecule has 18 heavy (non-hydrogen) atoms. The highest BCUT2D eigenvalue weighted by Gasteiger charge is 2.25. The third-order valence-corrected chi connectivity index (χ3v) is 4.91. The van der Waals surface area contributed by atoms with Gasteiger partial charge in [-0.2, -0.15) is 0 Å². The van der Waals surface area contributed by atoms with Crippen molar-refractivity contribution in [2.24, 2.45) is 0 Å². The first kappa shape index (κ1) is 13.8. The molecule has 1 N–H and O–H groups in total. The maximum absolute atomic E-state index is 9.35. The molecule has 1 fully saturated rings. The number of piperazine rings is 1. The standard InChI is InChI=1S/C13H23N3OS/c1-4-10-8-16(7-6-15(10)3)13-14-11(5-2)12(9-17)18-13/h10,17H,4-9H2,1-3H3. The molecule has 1 aromatic rings. The molecule has 0 aliphatic carbocycles.